The summed E-state index contributed by atoms with van der Waals surface area (Å²) in [5.74, 6) is -2.04. The number of carboxylic acids is 1. The SMILES string of the molecule is CCCCCCCCCCCC(CCCCCC(=O)O)(OCc1ccccc1)OC(C)=O. The van der Waals surface area contributed by atoms with E-state index < -0.39 is 11.8 Å². The lowest BCUT2D eigenvalue weighted by atomic mass is 9.98. The first kappa shape index (κ1) is 28.2. The van der Waals surface area contributed by atoms with Crippen LogP contribution in [0.25, 0.3) is 0 Å². The molecule has 0 bridgehead atoms. The van der Waals surface area contributed by atoms with Gasteiger partial charge >= 0.3 is 11.9 Å². The standard InChI is InChI=1S/C27H44O5/c1-3-4-5-6-7-8-9-10-16-21-27(32-24(2)28,22-17-12-15-20-26(29)30)31-23-25-18-13-11-14-19-25/h11,13-14,18-19H,3-10,12,15-17,20-23H2,1-2H3,(H,29,30). The van der Waals surface area contributed by atoms with Crippen molar-refractivity contribution in [2.45, 2.75) is 123 Å². The summed E-state index contributed by atoms with van der Waals surface area (Å²) in [6.07, 6.45) is 14.7. The predicted molar refractivity (Wildman–Crippen MR) is 128 cm³/mol. The average Bonchev–Trinajstić information content (AvgIpc) is 2.76. The minimum atomic E-state index is -0.938. The van der Waals surface area contributed by atoms with Crippen LogP contribution in [-0.4, -0.2) is 22.8 Å². The van der Waals surface area contributed by atoms with E-state index in [-0.39, 0.29) is 12.4 Å². The van der Waals surface area contributed by atoms with Gasteiger partial charge in [-0.2, -0.15) is 0 Å². The van der Waals surface area contributed by atoms with E-state index >= 15 is 0 Å². The van der Waals surface area contributed by atoms with Gasteiger partial charge in [0, 0.05) is 26.2 Å². The summed E-state index contributed by atoms with van der Waals surface area (Å²) in [6.45, 7) is 4.06. The van der Waals surface area contributed by atoms with E-state index in [1.807, 2.05) is 30.3 Å². The van der Waals surface area contributed by atoms with Crippen LogP contribution >= 0.6 is 0 Å². The molecule has 1 aromatic carbocycles. The summed E-state index contributed by atoms with van der Waals surface area (Å²) in [6, 6.07) is 9.92. The van der Waals surface area contributed by atoms with Gasteiger partial charge in [0.2, 0.25) is 5.79 Å². The predicted octanol–water partition coefficient (Wildman–Crippen LogP) is 7.42. The molecule has 0 heterocycles. The third kappa shape index (κ3) is 14.2. The number of benzene rings is 1. The number of hydrogen-bond donors (Lipinski definition) is 1. The summed E-state index contributed by atoms with van der Waals surface area (Å²) < 4.78 is 12.0. The van der Waals surface area contributed by atoms with Gasteiger partial charge in [0.15, 0.2) is 0 Å². The molecule has 0 aliphatic carbocycles. The second-order valence-electron chi connectivity index (χ2n) is 8.81. The van der Waals surface area contributed by atoms with Crippen LogP contribution in [0.5, 0.6) is 0 Å². The van der Waals surface area contributed by atoms with Crippen LogP contribution in [0.4, 0.5) is 0 Å². The van der Waals surface area contributed by atoms with Crippen LogP contribution < -0.4 is 0 Å². The molecule has 0 aliphatic heterocycles. The van der Waals surface area contributed by atoms with Crippen LogP contribution in [0.3, 0.4) is 0 Å². The van der Waals surface area contributed by atoms with Crippen molar-refractivity contribution in [3.05, 3.63) is 35.9 Å². The molecule has 0 fully saturated rings. The number of esters is 1. The Hall–Kier alpha value is -1.88. The number of carboxylic acid groups (broad SMARTS) is 1. The molecule has 0 spiro atoms. The molecule has 1 atom stereocenters. The lowest BCUT2D eigenvalue weighted by Crippen LogP contribution is -2.37. The van der Waals surface area contributed by atoms with E-state index in [1.54, 1.807) is 0 Å². The minimum absolute atomic E-state index is 0.170. The topological polar surface area (TPSA) is 72.8 Å². The zero-order chi connectivity index (χ0) is 23.5. The molecular weight excluding hydrogens is 404 g/mol. The fourth-order valence-electron chi connectivity index (χ4n) is 4.00. The Bertz CT molecular complexity index is 616. The summed E-state index contributed by atoms with van der Waals surface area (Å²) in [5.41, 5.74) is 1.04. The van der Waals surface area contributed by atoms with Crippen molar-refractivity contribution in [2.75, 3.05) is 0 Å². The molecule has 1 aromatic rings. The monoisotopic (exact) mass is 448 g/mol. The first-order chi connectivity index (χ1) is 15.5. The maximum atomic E-state index is 11.9. The van der Waals surface area contributed by atoms with Crippen LogP contribution in [0.2, 0.25) is 0 Å². The van der Waals surface area contributed by atoms with Crippen molar-refractivity contribution in [3.63, 3.8) is 0 Å². The van der Waals surface area contributed by atoms with Crippen molar-refractivity contribution in [2.24, 2.45) is 0 Å². The number of aliphatic carboxylic acids is 1. The number of rotatable bonds is 20. The largest absolute Gasteiger partial charge is 0.481 e. The molecule has 5 heteroatoms. The molecule has 5 nitrogen and oxygen atoms in total. The van der Waals surface area contributed by atoms with Crippen LogP contribution in [0.1, 0.15) is 116 Å². The highest BCUT2D eigenvalue weighted by Crippen LogP contribution is 2.30. The molecular formula is C27H44O5. The van der Waals surface area contributed by atoms with Crippen molar-refractivity contribution in [1.82, 2.24) is 0 Å². The molecule has 0 radical (unpaired) electrons. The van der Waals surface area contributed by atoms with Crippen LogP contribution in [0, 0.1) is 0 Å². The number of unbranched alkanes of at least 4 members (excludes halogenated alkanes) is 10. The first-order valence-electron chi connectivity index (χ1n) is 12.6. The van der Waals surface area contributed by atoms with E-state index in [9.17, 15) is 9.59 Å². The van der Waals surface area contributed by atoms with E-state index in [4.69, 9.17) is 14.6 Å². The molecule has 1 N–H and O–H groups in total. The van der Waals surface area contributed by atoms with Crippen LogP contribution in [0.15, 0.2) is 30.3 Å². The molecule has 0 saturated heterocycles. The van der Waals surface area contributed by atoms with Gasteiger partial charge in [0.1, 0.15) is 0 Å². The normalized spacial score (nSPS) is 12.9. The summed E-state index contributed by atoms with van der Waals surface area (Å²) in [7, 11) is 0. The summed E-state index contributed by atoms with van der Waals surface area (Å²) >= 11 is 0. The molecule has 182 valence electrons. The molecule has 32 heavy (non-hydrogen) atoms. The second-order valence-corrected chi connectivity index (χ2v) is 8.81. The highest BCUT2D eigenvalue weighted by molar-refractivity contribution is 5.66. The number of carbonyl (C=O) groups is 2. The highest BCUT2D eigenvalue weighted by Gasteiger charge is 2.33. The van der Waals surface area contributed by atoms with E-state index in [2.05, 4.69) is 6.92 Å². The van der Waals surface area contributed by atoms with Crippen molar-refractivity contribution < 1.29 is 24.2 Å². The van der Waals surface area contributed by atoms with Crippen molar-refractivity contribution in [1.29, 1.82) is 0 Å². The summed E-state index contributed by atoms with van der Waals surface area (Å²) in [4.78, 5) is 22.7. The Morgan fingerprint density at radius 3 is 1.88 bits per heavy atom. The van der Waals surface area contributed by atoms with E-state index in [1.165, 1.54) is 51.9 Å². The van der Waals surface area contributed by atoms with E-state index in [0.717, 1.165) is 31.2 Å². The number of hydrogen-bond acceptors (Lipinski definition) is 4. The maximum absolute atomic E-state index is 11.9. The maximum Gasteiger partial charge on any atom is 0.305 e. The lowest BCUT2D eigenvalue weighted by molar-refractivity contribution is -0.243. The van der Waals surface area contributed by atoms with Gasteiger partial charge in [-0.1, -0.05) is 95.0 Å². The van der Waals surface area contributed by atoms with Gasteiger partial charge in [-0.15, -0.1) is 0 Å². The fourth-order valence-corrected chi connectivity index (χ4v) is 4.00. The molecule has 1 rings (SSSR count). The Morgan fingerprint density at radius 2 is 1.34 bits per heavy atom. The third-order valence-electron chi connectivity index (χ3n) is 5.78. The zero-order valence-corrected chi connectivity index (χ0v) is 20.3. The molecule has 0 aliphatic rings. The van der Waals surface area contributed by atoms with Gasteiger partial charge in [0.05, 0.1) is 6.61 Å². The van der Waals surface area contributed by atoms with Gasteiger partial charge in [-0.25, -0.2) is 0 Å². The van der Waals surface area contributed by atoms with Gasteiger partial charge < -0.3 is 14.6 Å². The fraction of sp³-hybridized carbons (Fsp3) is 0.704. The Balaban J connectivity index is 2.59. The molecule has 1 unspecified atom stereocenters. The van der Waals surface area contributed by atoms with Gasteiger partial charge in [-0.05, 0) is 24.8 Å². The highest BCUT2D eigenvalue weighted by atomic mass is 16.7. The van der Waals surface area contributed by atoms with E-state index in [0.29, 0.717) is 25.9 Å². The molecule has 0 aromatic heterocycles. The smallest absolute Gasteiger partial charge is 0.305 e. The van der Waals surface area contributed by atoms with Gasteiger partial charge in [-0.3, -0.25) is 9.59 Å². The number of carbonyl (C=O) groups excluding carboxylic acids is 1. The van der Waals surface area contributed by atoms with Gasteiger partial charge in [0.25, 0.3) is 0 Å². The minimum Gasteiger partial charge on any atom is -0.481 e. The quantitative estimate of drug-likeness (QED) is 0.128. The molecule has 0 saturated carbocycles. The first-order valence-corrected chi connectivity index (χ1v) is 12.6. The third-order valence-corrected chi connectivity index (χ3v) is 5.78. The second kappa shape index (κ2) is 17.6. The van der Waals surface area contributed by atoms with Crippen LogP contribution in [-0.2, 0) is 25.7 Å². The Kier molecular flexibility index (Phi) is 15.5. The Morgan fingerprint density at radius 1 is 0.812 bits per heavy atom. The Labute approximate surface area is 194 Å². The van der Waals surface area contributed by atoms with Crippen molar-refractivity contribution >= 4 is 11.9 Å². The van der Waals surface area contributed by atoms with Crippen molar-refractivity contribution in [3.8, 4) is 0 Å². The number of ether oxygens (including phenoxy) is 2. The molecule has 0 amide bonds. The lowest BCUT2D eigenvalue weighted by Gasteiger charge is -2.33. The summed E-state index contributed by atoms with van der Waals surface area (Å²) in [5, 5.41) is 8.86. The zero-order valence-electron chi connectivity index (χ0n) is 20.3. The average molecular weight is 449 g/mol.